The van der Waals surface area contributed by atoms with Crippen LogP contribution in [0.15, 0.2) is 24.0 Å². The van der Waals surface area contributed by atoms with Crippen molar-refractivity contribution in [3.8, 4) is 0 Å². The fourth-order valence-corrected chi connectivity index (χ4v) is 1.59. The maximum Gasteiger partial charge on any atom is 0.333 e. The van der Waals surface area contributed by atoms with Gasteiger partial charge in [-0.3, -0.25) is 4.68 Å². The number of ether oxygens (including phenoxy) is 1. The molecule has 0 N–H and O–H groups in total. The molecule has 0 saturated heterocycles. The molecule has 1 aromatic heterocycles. The summed E-state index contributed by atoms with van der Waals surface area (Å²) in [5.41, 5.74) is 0.683. The quantitative estimate of drug-likeness (QED) is 0.484. The first-order chi connectivity index (χ1) is 7.17. The number of methoxy groups -OCH3 is 1. The van der Waals surface area contributed by atoms with Gasteiger partial charge in [0.05, 0.1) is 23.4 Å². The van der Waals surface area contributed by atoms with Gasteiger partial charge in [0, 0.05) is 11.8 Å². The Morgan fingerprint density at radius 2 is 2.47 bits per heavy atom. The highest BCUT2D eigenvalue weighted by Crippen LogP contribution is 2.05. The van der Waals surface area contributed by atoms with E-state index in [4.69, 9.17) is 0 Å². The van der Waals surface area contributed by atoms with Crippen molar-refractivity contribution in [2.75, 3.05) is 7.11 Å². The summed E-state index contributed by atoms with van der Waals surface area (Å²) in [6.07, 6.45) is 6.21. The molecule has 0 amide bonds. The lowest BCUT2D eigenvalue weighted by Gasteiger charge is -2.02. The first-order valence-corrected chi connectivity index (χ1v) is 5.70. The standard InChI is InChI=1S/C10H13IN2O2/c1-3-8(10(14)15-2)4-5-13-7-9(11)6-12-13/h4,6-7H,3,5H2,1-2H3. The molecule has 4 nitrogen and oxygen atoms in total. The lowest BCUT2D eigenvalue weighted by Crippen LogP contribution is -2.06. The van der Waals surface area contributed by atoms with E-state index in [2.05, 4.69) is 32.4 Å². The molecule has 0 aliphatic heterocycles. The molecule has 5 heteroatoms. The number of carbonyl (C=O) groups is 1. The summed E-state index contributed by atoms with van der Waals surface area (Å²) in [5, 5.41) is 4.12. The minimum absolute atomic E-state index is 0.264. The Balaban J connectivity index is 2.66. The number of carbonyl (C=O) groups excluding carboxylic acids is 1. The molecule has 0 radical (unpaired) electrons. The highest BCUT2D eigenvalue weighted by Gasteiger charge is 2.06. The number of nitrogens with zero attached hydrogens (tertiary/aromatic N) is 2. The van der Waals surface area contributed by atoms with Crippen molar-refractivity contribution >= 4 is 28.6 Å². The molecule has 0 aliphatic rings. The molecule has 1 rings (SSSR count). The summed E-state index contributed by atoms with van der Waals surface area (Å²) in [6, 6.07) is 0. The Labute approximate surface area is 102 Å². The number of rotatable bonds is 4. The molecular weight excluding hydrogens is 307 g/mol. The van der Waals surface area contributed by atoms with Crippen molar-refractivity contribution in [2.45, 2.75) is 19.9 Å². The van der Waals surface area contributed by atoms with E-state index in [1.807, 2.05) is 19.2 Å². The Kier molecular flexibility index (Phi) is 4.80. The highest BCUT2D eigenvalue weighted by molar-refractivity contribution is 14.1. The second kappa shape index (κ2) is 5.89. The van der Waals surface area contributed by atoms with Gasteiger partial charge in [-0.25, -0.2) is 4.79 Å². The Bertz CT molecular complexity index is 371. The van der Waals surface area contributed by atoms with E-state index >= 15 is 0 Å². The summed E-state index contributed by atoms with van der Waals surface area (Å²) < 4.78 is 7.52. The van der Waals surface area contributed by atoms with Crippen LogP contribution in [-0.4, -0.2) is 22.9 Å². The van der Waals surface area contributed by atoms with Crippen LogP contribution in [0.25, 0.3) is 0 Å². The van der Waals surface area contributed by atoms with Crippen LogP contribution in [0.2, 0.25) is 0 Å². The molecule has 0 bridgehead atoms. The van der Waals surface area contributed by atoms with Crippen LogP contribution in [0, 0.1) is 3.57 Å². The summed E-state index contributed by atoms with van der Waals surface area (Å²) in [7, 11) is 1.39. The molecule has 0 fully saturated rings. The van der Waals surface area contributed by atoms with Gasteiger partial charge >= 0.3 is 5.97 Å². The zero-order valence-corrected chi connectivity index (χ0v) is 10.9. The fourth-order valence-electron chi connectivity index (χ4n) is 1.15. The molecule has 0 atom stereocenters. The molecule has 0 saturated carbocycles. The van der Waals surface area contributed by atoms with E-state index in [1.165, 1.54) is 7.11 Å². The van der Waals surface area contributed by atoms with Crippen LogP contribution in [0.4, 0.5) is 0 Å². The van der Waals surface area contributed by atoms with Gasteiger partial charge in [0.15, 0.2) is 0 Å². The van der Waals surface area contributed by atoms with Crippen molar-refractivity contribution in [3.63, 3.8) is 0 Å². The molecule has 0 spiro atoms. The zero-order chi connectivity index (χ0) is 11.3. The monoisotopic (exact) mass is 320 g/mol. The van der Waals surface area contributed by atoms with Crippen LogP contribution >= 0.6 is 22.6 Å². The number of hydrogen-bond acceptors (Lipinski definition) is 3. The summed E-state index contributed by atoms with van der Waals surface area (Å²) in [6.45, 7) is 2.52. The smallest absolute Gasteiger partial charge is 0.333 e. The van der Waals surface area contributed by atoms with Crippen molar-refractivity contribution in [3.05, 3.63) is 27.6 Å². The van der Waals surface area contributed by atoms with Crippen LogP contribution in [0.5, 0.6) is 0 Å². The lowest BCUT2D eigenvalue weighted by molar-refractivity contribution is -0.136. The van der Waals surface area contributed by atoms with E-state index in [1.54, 1.807) is 10.9 Å². The summed E-state index contributed by atoms with van der Waals surface area (Å²) in [5.74, 6) is -0.264. The number of allylic oxidation sites excluding steroid dienone is 1. The lowest BCUT2D eigenvalue weighted by atomic mass is 10.2. The average molecular weight is 320 g/mol. The average Bonchev–Trinajstić information content (AvgIpc) is 2.64. The summed E-state index contributed by atoms with van der Waals surface area (Å²) >= 11 is 2.19. The van der Waals surface area contributed by atoms with Gasteiger partial charge in [-0.1, -0.05) is 13.0 Å². The Morgan fingerprint density at radius 1 is 1.73 bits per heavy atom. The van der Waals surface area contributed by atoms with Crippen molar-refractivity contribution in [1.29, 1.82) is 0 Å². The molecule has 1 heterocycles. The topological polar surface area (TPSA) is 44.1 Å². The van der Waals surface area contributed by atoms with Gasteiger partial charge in [0.25, 0.3) is 0 Å². The van der Waals surface area contributed by atoms with E-state index in [0.717, 1.165) is 3.57 Å². The SMILES string of the molecule is CCC(=CCn1cc(I)cn1)C(=O)OC. The van der Waals surface area contributed by atoms with E-state index < -0.39 is 0 Å². The molecule has 15 heavy (non-hydrogen) atoms. The normalized spacial score (nSPS) is 11.5. The number of aromatic nitrogens is 2. The third-order valence-electron chi connectivity index (χ3n) is 1.95. The largest absolute Gasteiger partial charge is 0.466 e. The predicted molar refractivity (Wildman–Crippen MR) is 65.3 cm³/mol. The molecule has 0 aliphatic carbocycles. The minimum atomic E-state index is -0.264. The number of hydrogen-bond donors (Lipinski definition) is 0. The number of halogens is 1. The Morgan fingerprint density at radius 3 is 2.93 bits per heavy atom. The second-order valence-electron chi connectivity index (χ2n) is 2.96. The van der Waals surface area contributed by atoms with Gasteiger partial charge in [-0.2, -0.15) is 5.10 Å². The van der Waals surface area contributed by atoms with Gasteiger partial charge < -0.3 is 4.74 Å². The van der Waals surface area contributed by atoms with Crippen LogP contribution < -0.4 is 0 Å². The van der Waals surface area contributed by atoms with E-state index in [9.17, 15) is 4.79 Å². The van der Waals surface area contributed by atoms with Crippen LogP contribution in [0.3, 0.4) is 0 Å². The van der Waals surface area contributed by atoms with Gasteiger partial charge in [0.2, 0.25) is 0 Å². The Hall–Kier alpha value is -0.850. The van der Waals surface area contributed by atoms with Crippen molar-refractivity contribution in [2.24, 2.45) is 0 Å². The maximum absolute atomic E-state index is 11.2. The maximum atomic E-state index is 11.2. The highest BCUT2D eigenvalue weighted by atomic mass is 127. The number of esters is 1. The van der Waals surface area contributed by atoms with Gasteiger partial charge in [-0.15, -0.1) is 0 Å². The van der Waals surface area contributed by atoms with Crippen molar-refractivity contribution < 1.29 is 9.53 Å². The molecule has 1 aromatic rings. The first kappa shape index (κ1) is 12.2. The predicted octanol–water partition coefficient (Wildman–Crippen LogP) is 2.00. The summed E-state index contributed by atoms with van der Waals surface area (Å²) in [4.78, 5) is 11.2. The van der Waals surface area contributed by atoms with E-state index in [0.29, 0.717) is 18.5 Å². The second-order valence-corrected chi connectivity index (χ2v) is 4.20. The fraction of sp³-hybridized carbons (Fsp3) is 0.400. The zero-order valence-electron chi connectivity index (χ0n) is 8.74. The van der Waals surface area contributed by atoms with Crippen LogP contribution in [0.1, 0.15) is 13.3 Å². The van der Waals surface area contributed by atoms with Crippen LogP contribution in [-0.2, 0) is 16.1 Å². The molecular formula is C10H13IN2O2. The van der Waals surface area contributed by atoms with Gasteiger partial charge in [0.1, 0.15) is 0 Å². The minimum Gasteiger partial charge on any atom is -0.466 e. The van der Waals surface area contributed by atoms with E-state index in [-0.39, 0.29) is 5.97 Å². The first-order valence-electron chi connectivity index (χ1n) is 4.62. The molecule has 0 unspecified atom stereocenters. The molecule has 82 valence electrons. The molecule has 0 aromatic carbocycles. The third kappa shape index (κ3) is 3.65. The third-order valence-corrected chi connectivity index (χ3v) is 2.51. The van der Waals surface area contributed by atoms with Gasteiger partial charge in [-0.05, 0) is 29.0 Å². The van der Waals surface area contributed by atoms with Crippen molar-refractivity contribution in [1.82, 2.24) is 9.78 Å².